The van der Waals surface area contributed by atoms with Crippen molar-refractivity contribution in [3.05, 3.63) is 30.6 Å². The molecule has 2 nitrogen and oxygen atoms in total. The predicted molar refractivity (Wildman–Crippen MR) is 43.8 cm³/mol. The summed E-state index contributed by atoms with van der Waals surface area (Å²) >= 11 is 0. The van der Waals surface area contributed by atoms with E-state index in [0.29, 0.717) is 0 Å². The summed E-state index contributed by atoms with van der Waals surface area (Å²) < 4.78 is 1.79. The lowest BCUT2D eigenvalue weighted by atomic mass is 10.5. The minimum absolute atomic E-state index is 1.07. The number of nitrogens with zero attached hydrogens (tertiary/aromatic N) is 2. The molecule has 0 saturated carbocycles. The summed E-state index contributed by atoms with van der Waals surface area (Å²) in [6.07, 6.45) is 3.68. The Bertz CT molecular complexity index is 172. The molecule has 0 radical (unpaired) electrons. The molecule has 0 atom stereocenters. The standard InChI is InChI=1S/C5H8N2.C3H6/c1-5-3-4-7(2)6-5;1-3-2/h3-4H,1-2H3;3H,1H2,2H3. The van der Waals surface area contributed by atoms with Crippen LogP contribution in [-0.2, 0) is 7.05 Å². The Hall–Kier alpha value is -1.05. The average Bonchev–Trinajstić information content (AvgIpc) is 2.17. The van der Waals surface area contributed by atoms with Crippen LogP contribution in [0.3, 0.4) is 0 Å². The van der Waals surface area contributed by atoms with Crippen LogP contribution in [0, 0.1) is 6.92 Å². The topological polar surface area (TPSA) is 17.8 Å². The van der Waals surface area contributed by atoms with Gasteiger partial charge in [0.1, 0.15) is 0 Å². The van der Waals surface area contributed by atoms with Gasteiger partial charge >= 0.3 is 0 Å². The highest BCUT2D eigenvalue weighted by Crippen LogP contribution is 1.86. The monoisotopic (exact) mass is 138 g/mol. The van der Waals surface area contributed by atoms with E-state index in [-0.39, 0.29) is 0 Å². The van der Waals surface area contributed by atoms with Gasteiger partial charge in [0.05, 0.1) is 5.69 Å². The third-order valence-corrected chi connectivity index (χ3v) is 0.847. The molecule has 10 heavy (non-hydrogen) atoms. The molecule has 1 aromatic rings. The molecule has 1 heterocycles. The van der Waals surface area contributed by atoms with E-state index >= 15 is 0 Å². The number of hydrogen-bond acceptors (Lipinski definition) is 1. The van der Waals surface area contributed by atoms with Crippen LogP contribution in [0.4, 0.5) is 0 Å². The highest BCUT2D eigenvalue weighted by atomic mass is 15.2. The minimum Gasteiger partial charge on any atom is -0.276 e. The molecule has 0 spiro atoms. The summed E-state index contributed by atoms with van der Waals surface area (Å²) in [5.41, 5.74) is 1.07. The molecular formula is C8H14N2. The van der Waals surface area contributed by atoms with Crippen LogP contribution in [0.15, 0.2) is 24.9 Å². The fraction of sp³-hybridized carbons (Fsp3) is 0.375. The molecule has 0 aliphatic carbocycles. The summed E-state index contributed by atoms with van der Waals surface area (Å²) in [5, 5.41) is 4.03. The fourth-order valence-electron chi connectivity index (χ4n) is 0.531. The number of aromatic nitrogens is 2. The summed E-state index contributed by atoms with van der Waals surface area (Å²) in [5.74, 6) is 0. The second-order valence-electron chi connectivity index (χ2n) is 2.04. The van der Waals surface area contributed by atoms with Crippen molar-refractivity contribution in [3.8, 4) is 0 Å². The average molecular weight is 138 g/mol. The molecular weight excluding hydrogens is 124 g/mol. The van der Waals surface area contributed by atoms with Crippen molar-refractivity contribution >= 4 is 0 Å². The second-order valence-corrected chi connectivity index (χ2v) is 2.04. The van der Waals surface area contributed by atoms with Crippen LogP contribution in [0.1, 0.15) is 12.6 Å². The first-order valence-electron chi connectivity index (χ1n) is 3.24. The lowest BCUT2D eigenvalue weighted by Crippen LogP contribution is -1.86. The van der Waals surface area contributed by atoms with Gasteiger partial charge in [-0.05, 0) is 19.9 Å². The lowest BCUT2D eigenvalue weighted by Gasteiger charge is -1.79. The van der Waals surface area contributed by atoms with Gasteiger partial charge in [0.15, 0.2) is 0 Å². The fourth-order valence-corrected chi connectivity index (χ4v) is 0.531. The molecule has 0 aromatic carbocycles. The molecule has 0 unspecified atom stereocenters. The van der Waals surface area contributed by atoms with Gasteiger partial charge in [-0.15, -0.1) is 6.58 Å². The quantitative estimate of drug-likeness (QED) is 0.501. The summed E-state index contributed by atoms with van der Waals surface area (Å²) in [6.45, 7) is 7.22. The summed E-state index contributed by atoms with van der Waals surface area (Å²) in [6, 6.07) is 1.97. The highest BCUT2D eigenvalue weighted by molar-refractivity contribution is 4.93. The Kier molecular flexibility index (Phi) is 4.29. The summed E-state index contributed by atoms with van der Waals surface area (Å²) in [4.78, 5) is 0. The van der Waals surface area contributed by atoms with E-state index < -0.39 is 0 Å². The normalized spacial score (nSPS) is 7.90. The zero-order valence-electron chi connectivity index (χ0n) is 6.83. The van der Waals surface area contributed by atoms with Crippen LogP contribution in [0.2, 0.25) is 0 Å². The van der Waals surface area contributed by atoms with Gasteiger partial charge < -0.3 is 0 Å². The Balaban J connectivity index is 0.000000236. The third kappa shape index (κ3) is 3.89. The second kappa shape index (κ2) is 4.79. The first-order chi connectivity index (χ1) is 4.70. The third-order valence-electron chi connectivity index (χ3n) is 0.847. The van der Waals surface area contributed by atoms with E-state index in [1.807, 2.05) is 33.2 Å². The van der Waals surface area contributed by atoms with Crippen molar-refractivity contribution in [3.63, 3.8) is 0 Å². The van der Waals surface area contributed by atoms with Crippen LogP contribution < -0.4 is 0 Å². The van der Waals surface area contributed by atoms with Gasteiger partial charge in [0.25, 0.3) is 0 Å². The molecule has 1 aromatic heterocycles. The van der Waals surface area contributed by atoms with E-state index in [9.17, 15) is 0 Å². The van der Waals surface area contributed by atoms with E-state index in [2.05, 4.69) is 11.7 Å². The molecule has 56 valence electrons. The number of rotatable bonds is 0. The van der Waals surface area contributed by atoms with E-state index in [1.165, 1.54) is 0 Å². The number of allylic oxidation sites excluding steroid dienone is 1. The molecule has 0 aliphatic rings. The summed E-state index contributed by atoms with van der Waals surface area (Å²) in [7, 11) is 1.91. The van der Waals surface area contributed by atoms with Crippen molar-refractivity contribution in [1.82, 2.24) is 9.78 Å². The zero-order valence-corrected chi connectivity index (χ0v) is 6.83. The number of aryl methyl sites for hydroxylation is 2. The first-order valence-corrected chi connectivity index (χ1v) is 3.24. The Morgan fingerprint density at radius 2 is 2.20 bits per heavy atom. The van der Waals surface area contributed by atoms with Gasteiger partial charge in [-0.3, -0.25) is 4.68 Å². The maximum atomic E-state index is 4.03. The first kappa shape index (κ1) is 8.95. The molecule has 0 bridgehead atoms. The number of hydrogen-bond donors (Lipinski definition) is 0. The molecule has 0 aliphatic heterocycles. The van der Waals surface area contributed by atoms with E-state index in [0.717, 1.165) is 5.69 Å². The zero-order chi connectivity index (χ0) is 7.98. The van der Waals surface area contributed by atoms with Crippen LogP contribution in [0.5, 0.6) is 0 Å². The van der Waals surface area contributed by atoms with Gasteiger partial charge in [-0.25, -0.2) is 0 Å². The predicted octanol–water partition coefficient (Wildman–Crippen LogP) is 1.92. The van der Waals surface area contributed by atoms with Crippen molar-refractivity contribution in [2.24, 2.45) is 7.05 Å². The maximum Gasteiger partial charge on any atom is 0.0593 e. The van der Waals surface area contributed by atoms with Gasteiger partial charge in [-0.2, -0.15) is 5.10 Å². The molecule has 2 heteroatoms. The van der Waals surface area contributed by atoms with Crippen LogP contribution in [0.25, 0.3) is 0 Å². The van der Waals surface area contributed by atoms with Gasteiger partial charge in [0, 0.05) is 13.2 Å². The molecule has 0 amide bonds. The van der Waals surface area contributed by atoms with E-state index in [4.69, 9.17) is 0 Å². The molecule has 0 N–H and O–H groups in total. The van der Waals surface area contributed by atoms with Crippen LogP contribution in [-0.4, -0.2) is 9.78 Å². The van der Waals surface area contributed by atoms with Crippen molar-refractivity contribution in [2.45, 2.75) is 13.8 Å². The largest absolute Gasteiger partial charge is 0.276 e. The molecule has 0 fully saturated rings. The Morgan fingerprint density at radius 3 is 2.30 bits per heavy atom. The van der Waals surface area contributed by atoms with Crippen molar-refractivity contribution in [2.75, 3.05) is 0 Å². The lowest BCUT2D eigenvalue weighted by molar-refractivity contribution is 0.756. The van der Waals surface area contributed by atoms with Gasteiger partial charge in [-0.1, -0.05) is 6.08 Å². The minimum atomic E-state index is 1.07. The van der Waals surface area contributed by atoms with Gasteiger partial charge in [0.2, 0.25) is 0 Å². The highest BCUT2D eigenvalue weighted by Gasteiger charge is 1.81. The van der Waals surface area contributed by atoms with Crippen molar-refractivity contribution in [1.29, 1.82) is 0 Å². The SMILES string of the molecule is C=CC.Cc1ccn(C)n1. The van der Waals surface area contributed by atoms with E-state index in [1.54, 1.807) is 10.8 Å². The molecule has 0 saturated heterocycles. The van der Waals surface area contributed by atoms with Crippen LogP contribution >= 0.6 is 0 Å². The Labute approximate surface area is 62.2 Å². The Morgan fingerprint density at radius 1 is 1.70 bits per heavy atom. The maximum absolute atomic E-state index is 4.03. The molecule has 1 rings (SSSR count). The smallest absolute Gasteiger partial charge is 0.0593 e. The van der Waals surface area contributed by atoms with Crippen molar-refractivity contribution < 1.29 is 0 Å².